The largest absolute Gasteiger partial charge is 0.459 e. The zero-order valence-electron chi connectivity index (χ0n) is 13.4. The van der Waals surface area contributed by atoms with E-state index in [0.29, 0.717) is 5.76 Å². The first-order valence-electron chi connectivity index (χ1n) is 8.04. The second kappa shape index (κ2) is 8.02. The molecule has 1 heterocycles. The Morgan fingerprint density at radius 2 is 1.62 bits per heavy atom. The molecule has 0 unspecified atom stereocenters. The van der Waals surface area contributed by atoms with Crippen molar-refractivity contribution in [3.05, 3.63) is 84.3 Å². The fourth-order valence-corrected chi connectivity index (χ4v) is 2.44. The topological polar surface area (TPSA) is 54.3 Å². The number of aryl methyl sites for hydroxylation is 1. The van der Waals surface area contributed by atoms with Gasteiger partial charge in [-0.2, -0.15) is 0 Å². The molecule has 1 aromatic heterocycles. The monoisotopic (exact) mass is 320 g/mol. The van der Waals surface area contributed by atoms with Gasteiger partial charge in [-0.3, -0.25) is 4.79 Å². The van der Waals surface area contributed by atoms with Crippen LogP contribution in [0.1, 0.15) is 22.5 Å². The smallest absolute Gasteiger partial charge is 0.291 e. The van der Waals surface area contributed by atoms with Gasteiger partial charge in [0.15, 0.2) is 5.76 Å². The van der Waals surface area contributed by atoms with Gasteiger partial charge in [-0.05, 0) is 54.8 Å². The first-order valence-corrected chi connectivity index (χ1v) is 8.04. The molecule has 0 aliphatic carbocycles. The van der Waals surface area contributed by atoms with Crippen LogP contribution in [0.5, 0.6) is 0 Å². The molecule has 4 nitrogen and oxygen atoms in total. The van der Waals surface area contributed by atoms with E-state index in [1.807, 2.05) is 30.3 Å². The predicted molar refractivity (Wildman–Crippen MR) is 96.4 cm³/mol. The van der Waals surface area contributed by atoms with E-state index in [1.165, 1.54) is 11.8 Å². The zero-order chi connectivity index (χ0) is 16.6. The molecule has 3 rings (SSSR count). The van der Waals surface area contributed by atoms with E-state index in [4.69, 9.17) is 4.42 Å². The molecule has 0 saturated carbocycles. The molecule has 0 aliphatic rings. The van der Waals surface area contributed by atoms with Crippen LogP contribution in [0.15, 0.2) is 77.4 Å². The van der Waals surface area contributed by atoms with Crippen LogP contribution < -0.4 is 10.6 Å². The third kappa shape index (κ3) is 4.49. The maximum absolute atomic E-state index is 11.9. The van der Waals surface area contributed by atoms with E-state index in [-0.39, 0.29) is 5.91 Å². The number of hydrogen-bond donors (Lipinski definition) is 2. The Hall–Kier alpha value is -3.01. The average molecular weight is 320 g/mol. The van der Waals surface area contributed by atoms with Crippen LogP contribution in [-0.2, 0) is 6.42 Å². The summed E-state index contributed by atoms with van der Waals surface area (Å²) in [5, 5.41) is 6.19. The minimum absolute atomic E-state index is 0.247. The number of rotatable bonds is 7. The van der Waals surface area contributed by atoms with E-state index < -0.39 is 0 Å². The molecule has 2 aromatic carbocycles. The summed E-state index contributed by atoms with van der Waals surface area (Å²) in [6, 6.07) is 21.5. The Kier molecular flexibility index (Phi) is 5.30. The van der Waals surface area contributed by atoms with E-state index >= 15 is 0 Å². The lowest BCUT2D eigenvalue weighted by molar-refractivity contribution is 0.0996. The van der Waals surface area contributed by atoms with Crippen LogP contribution >= 0.6 is 0 Å². The lowest BCUT2D eigenvalue weighted by Gasteiger charge is -2.08. The fraction of sp³-hybridized carbons (Fsp3) is 0.150. The minimum Gasteiger partial charge on any atom is -0.459 e. The second-order valence-electron chi connectivity index (χ2n) is 5.52. The summed E-state index contributed by atoms with van der Waals surface area (Å²) in [6.45, 7) is 0.910. The fourth-order valence-electron chi connectivity index (χ4n) is 2.44. The number of nitrogens with one attached hydrogen (secondary N) is 2. The van der Waals surface area contributed by atoms with Crippen molar-refractivity contribution in [2.45, 2.75) is 12.8 Å². The van der Waals surface area contributed by atoms with Gasteiger partial charge in [-0.15, -0.1) is 0 Å². The first kappa shape index (κ1) is 15.9. The molecule has 0 atom stereocenters. The average Bonchev–Trinajstić information content (AvgIpc) is 3.16. The molecule has 24 heavy (non-hydrogen) atoms. The van der Waals surface area contributed by atoms with Crippen molar-refractivity contribution in [2.24, 2.45) is 0 Å². The van der Waals surface area contributed by atoms with Crippen molar-refractivity contribution in [1.82, 2.24) is 0 Å². The van der Waals surface area contributed by atoms with Gasteiger partial charge in [0.2, 0.25) is 0 Å². The molecule has 2 N–H and O–H groups in total. The lowest BCUT2D eigenvalue weighted by atomic mass is 10.1. The molecule has 0 saturated heterocycles. The summed E-state index contributed by atoms with van der Waals surface area (Å²) in [4.78, 5) is 11.9. The van der Waals surface area contributed by atoms with Gasteiger partial charge in [-0.25, -0.2) is 0 Å². The Morgan fingerprint density at radius 3 is 2.33 bits per heavy atom. The molecule has 0 spiro atoms. The maximum atomic E-state index is 11.9. The standard InChI is InChI=1S/C20H20N2O2/c23-20(19-9-5-15-24-19)22-18-12-10-17(11-13-18)21-14-4-8-16-6-2-1-3-7-16/h1-3,5-7,9-13,15,21H,4,8,14H2,(H,22,23). The highest BCUT2D eigenvalue weighted by Gasteiger charge is 2.08. The van der Waals surface area contributed by atoms with Crippen LogP contribution in [0.3, 0.4) is 0 Å². The second-order valence-corrected chi connectivity index (χ2v) is 5.52. The van der Waals surface area contributed by atoms with Crippen LogP contribution in [0.2, 0.25) is 0 Å². The highest BCUT2D eigenvalue weighted by atomic mass is 16.3. The van der Waals surface area contributed by atoms with E-state index in [2.05, 4.69) is 34.9 Å². The summed E-state index contributed by atoms with van der Waals surface area (Å²) >= 11 is 0. The van der Waals surface area contributed by atoms with Crippen molar-refractivity contribution in [1.29, 1.82) is 0 Å². The Labute approximate surface area is 141 Å². The van der Waals surface area contributed by atoms with E-state index in [1.54, 1.807) is 12.1 Å². The number of amides is 1. The maximum Gasteiger partial charge on any atom is 0.291 e. The highest BCUT2D eigenvalue weighted by Crippen LogP contribution is 2.15. The predicted octanol–water partition coefficient (Wildman–Crippen LogP) is 4.58. The number of furan rings is 1. The van der Waals surface area contributed by atoms with Gasteiger partial charge in [0, 0.05) is 17.9 Å². The molecule has 0 aliphatic heterocycles. The number of carbonyl (C=O) groups excluding carboxylic acids is 1. The lowest BCUT2D eigenvalue weighted by Crippen LogP contribution is -2.10. The Balaban J connectivity index is 1.44. The molecule has 3 aromatic rings. The van der Waals surface area contributed by atoms with Gasteiger partial charge in [0.25, 0.3) is 5.91 Å². The molecule has 122 valence electrons. The number of hydrogen-bond acceptors (Lipinski definition) is 3. The van der Waals surface area contributed by atoms with E-state index in [0.717, 1.165) is 30.8 Å². The van der Waals surface area contributed by atoms with Gasteiger partial charge in [0.05, 0.1) is 6.26 Å². The SMILES string of the molecule is O=C(Nc1ccc(NCCCc2ccccc2)cc1)c1ccco1. The molecule has 4 heteroatoms. The van der Waals surface area contributed by atoms with Gasteiger partial charge < -0.3 is 15.1 Å². The van der Waals surface area contributed by atoms with Crippen molar-refractivity contribution >= 4 is 17.3 Å². The Morgan fingerprint density at radius 1 is 0.875 bits per heavy atom. The molecular formula is C20H20N2O2. The van der Waals surface area contributed by atoms with Crippen molar-refractivity contribution in [3.63, 3.8) is 0 Å². The van der Waals surface area contributed by atoms with Crippen LogP contribution in [0.4, 0.5) is 11.4 Å². The minimum atomic E-state index is -0.247. The molecule has 0 fully saturated rings. The molecule has 0 bridgehead atoms. The van der Waals surface area contributed by atoms with Gasteiger partial charge in [-0.1, -0.05) is 30.3 Å². The van der Waals surface area contributed by atoms with Crippen LogP contribution in [0, 0.1) is 0 Å². The van der Waals surface area contributed by atoms with Gasteiger partial charge in [0.1, 0.15) is 0 Å². The van der Waals surface area contributed by atoms with Crippen molar-refractivity contribution < 1.29 is 9.21 Å². The summed E-state index contributed by atoms with van der Waals surface area (Å²) in [5.74, 6) is 0.0571. The first-order chi connectivity index (χ1) is 11.8. The third-order valence-electron chi connectivity index (χ3n) is 3.70. The number of anilines is 2. The zero-order valence-corrected chi connectivity index (χ0v) is 13.4. The quantitative estimate of drug-likeness (QED) is 0.627. The summed E-state index contributed by atoms with van der Waals surface area (Å²) in [6.07, 6.45) is 3.61. The summed E-state index contributed by atoms with van der Waals surface area (Å²) in [5.41, 5.74) is 3.14. The molecule has 1 amide bonds. The molecular weight excluding hydrogens is 300 g/mol. The Bertz CT molecular complexity index is 750. The highest BCUT2D eigenvalue weighted by molar-refractivity contribution is 6.02. The molecule has 0 radical (unpaired) electrons. The van der Waals surface area contributed by atoms with Gasteiger partial charge >= 0.3 is 0 Å². The third-order valence-corrected chi connectivity index (χ3v) is 3.70. The van der Waals surface area contributed by atoms with E-state index in [9.17, 15) is 4.79 Å². The normalized spacial score (nSPS) is 10.3. The summed E-state index contributed by atoms with van der Waals surface area (Å²) in [7, 11) is 0. The number of carbonyl (C=O) groups is 1. The number of benzene rings is 2. The van der Waals surface area contributed by atoms with Crippen molar-refractivity contribution in [2.75, 3.05) is 17.2 Å². The van der Waals surface area contributed by atoms with Crippen LogP contribution in [0.25, 0.3) is 0 Å². The van der Waals surface area contributed by atoms with Crippen LogP contribution in [-0.4, -0.2) is 12.5 Å². The summed E-state index contributed by atoms with van der Waals surface area (Å²) < 4.78 is 5.07. The van der Waals surface area contributed by atoms with Crippen molar-refractivity contribution in [3.8, 4) is 0 Å².